The standard InChI is InChI=1S/C51H68N8O8/c1-27-19-43(59(32(27)6)49(61)45(58-51(63)65-8)39-22-30(4)67-31(5)23-39)47-53-26-42(55-47)37-17-13-35(14-18-37)34-11-15-36(16-12-34)41-25-52-46(54-41)40(24-33-9-10-33)56-48(60)44(57-50(62)64-7)38-20-28(2)66-29(3)21-38/h11-18,25-33,38-40,43-45H,9-10,19-24H2,1-8H3,(H,52,54)(H,53,55)(H,56,60)(H,57,62)(H,58,63)/t27?,28-,29-,30-,31-,32?,40+,43+,44+,45+/m1/s1. The predicted octanol–water partition coefficient (Wildman–Crippen LogP) is 8.25. The van der Waals surface area contributed by atoms with E-state index in [1.54, 1.807) is 0 Å². The van der Waals surface area contributed by atoms with Crippen molar-refractivity contribution in [2.45, 2.75) is 148 Å². The van der Waals surface area contributed by atoms with E-state index in [2.05, 4.69) is 88.3 Å². The molecule has 10 atom stereocenters. The van der Waals surface area contributed by atoms with Crippen LogP contribution in [0.25, 0.3) is 33.6 Å². The molecule has 1 saturated carbocycles. The van der Waals surface area contributed by atoms with Gasteiger partial charge in [-0.3, -0.25) is 9.59 Å². The Morgan fingerprint density at radius 1 is 0.657 bits per heavy atom. The SMILES string of the molecule is COC(=O)N[C@H](C(=O)N[C@@H](CC1CC1)c1ncc(-c2ccc(-c3ccc(-c4cnc([C@@H]5CC(C)C(C)N5C(=O)[C@@H](NC(=O)OC)C5C[C@@H](C)O[C@H](C)C5)[nH]4)cc3)cc2)[nH]1)C1C[C@@H](C)O[C@H](C)C1. The molecule has 360 valence electrons. The van der Waals surface area contributed by atoms with Crippen molar-refractivity contribution in [3.8, 4) is 33.6 Å². The molecule has 67 heavy (non-hydrogen) atoms. The van der Waals surface area contributed by atoms with Crippen molar-refractivity contribution < 1.29 is 38.1 Å². The van der Waals surface area contributed by atoms with Crippen LogP contribution in [0.3, 0.4) is 0 Å². The molecular formula is C51H68N8O8. The van der Waals surface area contributed by atoms with Crippen LogP contribution >= 0.6 is 0 Å². The van der Waals surface area contributed by atoms with Gasteiger partial charge < -0.3 is 49.8 Å². The first-order chi connectivity index (χ1) is 32.2. The first-order valence-electron chi connectivity index (χ1n) is 24.1. The van der Waals surface area contributed by atoms with Crippen molar-refractivity contribution in [2.24, 2.45) is 23.7 Å². The Bertz CT molecular complexity index is 2330. The van der Waals surface area contributed by atoms with E-state index in [0.29, 0.717) is 43.3 Å². The fourth-order valence-corrected chi connectivity index (χ4v) is 10.8. The third-order valence-electron chi connectivity index (χ3n) is 14.5. The van der Waals surface area contributed by atoms with E-state index in [4.69, 9.17) is 28.9 Å². The molecule has 3 aliphatic heterocycles. The molecule has 0 radical (unpaired) electrons. The molecule has 0 spiro atoms. The van der Waals surface area contributed by atoms with Gasteiger partial charge in [0.15, 0.2) is 0 Å². The summed E-state index contributed by atoms with van der Waals surface area (Å²) >= 11 is 0. The molecule has 2 aromatic carbocycles. The average molecular weight is 921 g/mol. The summed E-state index contributed by atoms with van der Waals surface area (Å²) in [6, 6.07) is 14.4. The number of rotatable bonds is 14. The molecule has 1 aliphatic carbocycles. The normalized spacial score (nSPS) is 27.6. The molecule has 4 fully saturated rings. The number of carbonyl (C=O) groups is 4. The number of carbonyl (C=O) groups excluding carboxylic acids is 4. The molecule has 4 aromatic rings. The average Bonchev–Trinajstić information content (AvgIpc) is 3.62. The van der Waals surface area contributed by atoms with Crippen LogP contribution in [0.4, 0.5) is 9.59 Å². The summed E-state index contributed by atoms with van der Waals surface area (Å²) < 4.78 is 21.8. The second-order valence-corrected chi connectivity index (χ2v) is 19.7. The Morgan fingerprint density at radius 2 is 1.13 bits per heavy atom. The fourth-order valence-electron chi connectivity index (χ4n) is 10.8. The minimum atomic E-state index is -0.767. The van der Waals surface area contributed by atoms with Crippen molar-refractivity contribution in [1.82, 2.24) is 40.8 Å². The highest BCUT2D eigenvalue weighted by atomic mass is 16.5. The molecule has 4 amide bonds. The number of hydrogen-bond acceptors (Lipinski definition) is 10. The Balaban J connectivity index is 0.939. The Hall–Kier alpha value is -5.74. The van der Waals surface area contributed by atoms with Gasteiger partial charge in [-0.05, 0) is 119 Å². The molecule has 2 aromatic heterocycles. The number of nitrogens with zero attached hydrogens (tertiary/aromatic N) is 3. The number of benzene rings is 2. The van der Waals surface area contributed by atoms with Crippen LogP contribution in [0.2, 0.25) is 0 Å². The van der Waals surface area contributed by atoms with Crippen LogP contribution < -0.4 is 16.0 Å². The molecule has 4 aliphatic rings. The van der Waals surface area contributed by atoms with Crippen LogP contribution in [-0.4, -0.2) is 106 Å². The highest BCUT2D eigenvalue weighted by Crippen LogP contribution is 2.42. The number of likely N-dealkylation sites (tertiary alicyclic amines) is 1. The molecule has 5 heterocycles. The second kappa shape index (κ2) is 20.6. The summed E-state index contributed by atoms with van der Waals surface area (Å²) in [6.45, 7) is 12.2. The molecule has 5 N–H and O–H groups in total. The van der Waals surface area contributed by atoms with Gasteiger partial charge in [0.2, 0.25) is 11.8 Å². The number of alkyl carbamates (subject to hydrolysis) is 2. The summed E-state index contributed by atoms with van der Waals surface area (Å²) in [6.07, 6.45) is 8.58. The monoisotopic (exact) mass is 921 g/mol. The number of hydrogen-bond donors (Lipinski definition) is 5. The van der Waals surface area contributed by atoms with E-state index in [-0.39, 0.29) is 72.1 Å². The lowest BCUT2D eigenvalue weighted by atomic mass is 9.85. The number of H-pyrrole nitrogens is 2. The zero-order valence-corrected chi connectivity index (χ0v) is 40.0. The maximum Gasteiger partial charge on any atom is 0.407 e. The predicted molar refractivity (Wildman–Crippen MR) is 252 cm³/mol. The fraction of sp³-hybridized carbons (Fsp3) is 0.569. The summed E-state index contributed by atoms with van der Waals surface area (Å²) in [5, 5.41) is 8.94. The number of imidazole rings is 2. The summed E-state index contributed by atoms with van der Waals surface area (Å²) in [5.41, 5.74) is 5.71. The minimum absolute atomic E-state index is 0.0291. The van der Waals surface area contributed by atoms with Crippen molar-refractivity contribution in [2.75, 3.05) is 14.2 Å². The zero-order chi connectivity index (χ0) is 47.5. The van der Waals surface area contributed by atoms with E-state index < -0.39 is 24.3 Å². The lowest BCUT2D eigenvalue weighted by molar-refractivity contribution is -0.140. The van der Waals surface area contributed by atoms with Gasteiger partial charge in [-0.2, -0.15) is 0 Å². The zero-order valence-electron chi connectivity index (χ0n) is 40.0. The Labute approximate surface area is 393 Å². The van der Waals surface area contributed by atoms with Crippen molar-refractivity contribution in [3.05, 3.63) is 72.6 Å². The number of methoxy groups -OCH3 is 2. The second-order valence-electron chi connectivity index (χ2n) is 19.7. The summed E-state index contributed by atoms with van der Waals surface area (Å²) in [7, 11) is 2.62. The quantitative estimate of drug-likeness (QED) is 0.0820. The number of amides is 4. The van der Waals surface area contributed by atoms with Crippen molar-refractivity contribution in [1.29, 1.82) is 0 Å². The largest absolute Gasteiger partial charge is 0.453 e. The summed E-state index contributed by atoms with van der Waals surface area (Å²) in [5.74, 6) is 1.53. The third-order valence-corrected chi connectivity index (χ3v) is 14.5. The van der Waals surface area contributed by atoms with Gasteiger partial charge in [0.1, 0.15) is 23.7 Å². The maximum absolute atomic E-state index is 14.6. The van der Waals surface area contributed by atoms with E-state index in [9.17, 15) is 19.2 Å². The molecule has 3 saturated heterocycles. The molecule has 0 bridgehead atoms. The number of nitrogens with one attached hydrogen (secondary N) is 5. The smallest absolute Gasteiger partial charge is 0.407 e. The number of aromatic nitrogens is 4. The van der Waals surface area contributed by atoms with Gasteiger partial charge in [0.05, 0.1) is 74.5 Å². The Morgan fingerprint density at radius 3 is 1.66 bits per heavy atom. The van der Waals surface area contributed by atoms with E-state index >= 15 is 0 Å². The minimum Gasteiger partial charge on any atom is -0.453 e. The number of ether oxygens (including phenoxy) is 4. The van der Waals surface area contributed by atoms with Crippen LogP contribution in [0, 0.1) is 23.7 Å². The lowest BCUT2D eigenvalue weighted by Gasteiger charge is -2.39. The lowest BCUT2D eigenvalue weighted by Crippen LogP contribution is -2.55. The van der Waals surface area contributed by atoms with E-state index in [1.807, 2.05) is 45.0 Å². The number of aromatic amines is 2. The van der Waals surface area contributed by atoms with E-state index in [1.165, 1.54) is 14.2 Å². The third kappa shape index (κ3) is 11.2. The highest BCUT2D eigenvalue weighted by Gasteiger charge is 2.47. The topological polar surface area (TPSA) is 202 Å². The summed E-state index contributed by atoms with van der Waals surface area (Å²) in [4.78, 5) is 72.0. The molecular weight excluding hydrogens is 853 g/mol. The van der Waals surface area contributed by atoms with E-state index in [0.717, 1.165) is 59.3 Å². The Kier molecular flexibility index (Phi) is 14.7. The highest BCUT2D eigenvalue weighted by molar-refractivity contribution is 5.87. The van der Waals surface area contributed by atoms with Gasteiger partial charge in [-0.1, -0.05) is 68.3 Å². The van der Waals surface area contributed by atoms with Crippen LogP contribution in [0.15, 0.2) is 60.9 Å². The molecule has 16 nitrogen and oxygen atoms in total. The van der Waals surface area contributed by atoms with Crippen LogP contribution in [0.1, 0.15) is 117 Å². The van der Waals surface area contributed by atoms with Crippen molar-refractivity contribution in [3.63, 3.8) is 0 Å². The molecule has 8 rings (SSSR count). The molecule has 2 unspecified atom stereocenters. The molecule has 16 heteroatoms. The first kappa shape index (κ1) is 47.7. The van der Waals surface area contributed by atoms with Gasteiger partial charge in [0.25, 0.3) is 0 Å². The first-order valence-corrected chi connectivity index (χ1v) is 24.1. The van der Waals surface area contributed by atoms with Gasteiger partial charge in [-0.25, -0.2) is 19.6 Å². The maximum atomic E-state index is 14.6. The van der Waals surface area contributed by atoms with Crippen LogP contribution in [0.5, 0.6) is 0 Å². The van der Waals surface area contributed by atoms with Crippen LogP contribution in [-0.2, 0) is 28.5 Å². The van der Waals surface area contributed by atoms with Gasteiger partial charge in [-0.15, -0.1) is 0 Å². The van der Waals surface area contributed by atoms with Crippen molar-refractivity contribution >= 4 is 24.0 Å². The van der Waals surface area contributed by atoms with Gasteiger partial charge in [0, 0.05) is 6.04 Å². The van der Waals surface area contributed by atoms with Gasteiger partial charge >= 0.3 is 12.2 Å².